The highest BCUT2D eigenvalue weighted by Crippen LogP contribution is 2.59. The number of nitrogens with zero attached hydrogens (tertiary/aromatic N) is 2. The van der Waals surface area contributed by atoms with E-state index >= 15 is 0 Å². The molecule has 2 bridgehead atoms. The molecule has 1 aromatic carbocycles. The van der Waals surface area contributed by atoms with Gasteiger partial charge in [0.05, 0.1) is 37.1 Å². The minimum Gasteiger partial charge on any atom is -0.460 e. The number of hydrogen-bond donors (Lipinski definition) is 2. The van der Waals surface area contributed by atoms with Crippen LogP contribution in [0.5, 0.6) is 0 Å². The van der Waals surface area contributed by atoms with E-state index in [0.717, 1.165) is 0 Å². The second-order valence-electron chi connectivity index (χ2n) is 12.0. The van der Waals surface area contributed by atoms with Crippen molar-refractivity contribution in [2.75, 3.05) is 24.6 Å². The SMILES string of the molecule is C=CCCC(=O)NC[C@@H](C)OC(=O)[C@@H]1[C@@H]2CC[C@]3(O2)[C@H](C(=O)N(CC=C)c2ccc(Cl)cc2)N([C@@H](CO)[C@@H](C)CC)C(=O)[C@@H]13. The average Bonchev–Trinajstić information content (AvgIpc) is 3.66. The average molecular weight is 630 g/mol. The smallest absolute Gasteiger partial charge is 0.312 e. The molecule has 240 valence electrons. The van der Waals surface area contributed by atoms with Crippen molar-refractivity contribution in [2.24, 2.45) is 17.8 Å². The molecule has 3 saturated heterocycles. The van der Waals surface area contributed by atoms with Crippen LogP contribution in [0.1, 0.15) is 52.9 Å². The first-order valence-corrected chi connectivity index (χ1v) is 15.8. The summed E-state index contributed by atoms with van der Waals surface area (Å²) >= 11 is 6.12. The summed E-state index contributed by atoms with van der Waals surface area (Å²) < 4.78 is 12.3. The van der Waals surface area contributed by atoms with Gasteiger partial charge in [-0.1, -0.05) is 44.0 Å². The number of hydrogen-bond acceptors (Lipinski definition) is 7. The first kappa shape index (κ1) is 33.7. The zero-order valence-electron chi connectivity index (χ0n) is 25.7. The van der Waals surface area contributed by atoms with Gasteiger partial charge in [0.2, 0.25) is 11.8 Å². The molecule has 2 N–H and O–H groups in total. The lowest BCUT2D eigenvalue weighted by molar-refractivity contribution is -0.160. The largest absolute Gasteiger partial charge is 0.460 e. The molecular formula is C33H44ClN3O7. The summed E-state index contributed by atoms with van der Waals surface area (Å²) in [4.78, 5) is 57.8. The molecule has 4 rings (SSSR count). The van der Waals surface area contributed by atoms with Crippen LogP contribution in [0.2, 0.25) is 5.02 Å². The second kappa shape index (κ2) is 14.3. The van der Waals surface area contributed by atoms with Crippen molar-refractivity contribution in [1.29, 1.82) is 0 Å². The van der Waals surface area contributed by atoms with Crippen LogP contribution in [-0.4, -0.2) is 83.3 Å². The zero-order chi connectivity index (χ0) is 32.2. The molecule has 1 spiro atoms. The molecule has 11 heteroatoms. The lowest BCUT2D eigenvalue weighted by atomic mass is 9.70. The number of allylic oxidation sites excluding steroid dienone is 1. The number of benzene rings is 1. The van der Waals surface area contributed by atoms with Gasteiger partial charge >= 0.3 is 5.97 Å². The van der Waals surface area contributed by atoms with Gasteiger partial charge in [-0.25, -0.2) is 0 Å². The number of aliphatic hydroxyl groups is 1. The van der Waals surface area contributed by atoms with Gasteiger partial charge in [0, 0.05) is 23.7 Å². The molecule has 0 aliphatic carbocycles. The maximum Gasteiger partial charge on any atom is 0.312 e. The van der Waals surface area contributed by atoms with Gasteiger partial charge in [0.25, 0.3) is 5.91 Å². The molecule has 3 fully saturated rings. The molecule has 0 radical (unpaired) electrons. The fourth-order valence-electron chi connectivity index (χ4n) is 6.93. The molecule has 3 aliphatic rings. The monoisotopic (exact) mass is 629 g/mol. The molecule has 0 saturated carbocycles. The summed E-state index contributed by atoms with van der Waals surface area (Å²) in [5.74, 6) is -3.56. The lowest BCUT2D eigenvalue weighted by Gasteiger charge is -2.40. The van der Waals surface area contributed by atoms with Gasteiger partial charge in [-0.15, -0.1) is 13.2 Å². The van der Waals surface area contributed by atoms with Gasteiger partial charge in [-0.3, -0.25) is 19.2 Å². The van der Waals surface area contributed by atoms with E-state index in [1.807, 2.05) is 13.8 Å². The third kappa shape index (κ3) is 6.30. The summed E-state index contributed by atoms with van der Waals surface area (Å²) in [7, 11) is 0. The Kier molecular flexibility index (Phi) is 10.9. The Morgan fingerprint density at radius 1 is 1.25 bits per heavy atom. The van der Waals surface area contributed by atoms with Crippen LogP contribution in [-0.2, 0) is 28.7 Å². The molecule has 8 atom stereocenters. The van der Waals surface area contributed by atoms with E-state index in [1.54, 1.807) is 43.3 Å². The number of likely N-dealkylation sites (tertiary alicyclic amines) is 1. The van der Waals surface area contributed by atoms with Gasteiger partial charge < -0.3 is 29.7 Å². The van der Waals surface area contributed by atoms with E-state index in [9.17, 15) is 24.3 Å². The van der Waals surface area contributed by atoms with Crippen LogP contribution in [0, 0.1) is 17.8 Å². The van der Waals surface area contributed by atoms with Crippen molar-refractivity contribution >= 4 is 41.0 Å². The van der Waals surface area contributed by atoms with E-state index in [-0.39, 0.29) is 43.8 Å². The molecule has 44 heavy (non-hydrogen) atoms. The zero-order valence-corrected chi connectivity index (χ0v) is 26.5. The van der Waals surface area contributed by atoms with Crippen LogP contribution >= 0.6 is 11.6 Å². The Morgan fingerprint density at radius 2 is 1.95 bits per heavy atom. The Morgan fingerprint density at radius 3 is 2.57 bits per heavy atom. The highest BCUT2D eigenvalue weighted by atomic mass is 35.5. The third-order valence-electron chi connectivity index (χ3n) is 9.28. The van der Waals surface area contributed by atoms with Crippen LogP contribution in [0.4, 0.5) is 5.69 Å². The topological polar surface area (TPSA) is 125 Å². The van der Waals surface area contributed by atoms with Gasteiger partial charge in [0.15, 0.2) is 0 Å². The number of aliphatic hydroxyl groups excluding tert-OH is 1. The maximum absolute atomic E-state index is 14.6. The number of carbonyl (C=O) groups excluding carboxylic acids is 4. The van der Waals surface area contributed by atoms with Crippen molar-refractivity contribution in [3.63, 3.8) is 0 Å². The van der Waals surface area contributed by atoms with Crippen molar-refractivity contribution in [2.45, 2.75) is 82.8 Å². The fraction of sp³-hybridized carbons (Fsp3) is 0.576. The predicted octanol–water partition coefficient (Wildman–Crippen LogP) is 3.65. The van der Waals surface area contributed by atoms with Crippen molar-refractivity contribution < 1.29 is 33.8 Å². The van der Waals surface area contributed by atoms with E-state index in [4.69, 9.17) is 21.1 Å². The van der Waals surface area contributed by atoms with Crippen LogP contribution in [0.25, 0.3) is 0 Å². The van der Waals surface area contributed by atoms with E-state index in [2.05, 4.69) is 18.5 Å². The minimum atomic E-state index is -1.27. The Hall–Kier alpha value is -3.21. The summed E-state index contributed by atoms with van der Waals surface area (Å²) in [6.07, 6.45) is 4.38. The van der Waals surface area contributed by atoms with Gasteiger partial charge in [-0.2, -0.15) is 0 Å². The molecule has 0 unspecified atom stereocenters. The highest BCUT2D eigenvalue weighted by molar-refractivity contribution is 6.30. The second-order valence-corrected chi connectivity index (χ2v) is 12.5. The molecular weight excluding hydrogens is 586 g/mol. The summed E-state index contributed by atoms with van der Waals surface area (Å²) in [5, 5.41) is 13.8. The molecule has 0 aromatic heterocycles. The van der Waals surface area contributed by atoms with E-state index in [0.29, 0.717) is 36.4 Å². The van der Waals surface area contributed by atoms with Crippen LogP contribution in [0.15, 0.2) is 49.6 Å². The molecule has 10 nitrogen and oxygen atoms in total. The lowest BCUT2D eigenvalue weighted by Crippen LogP contribution is -2.60. The number of anilines is 1. The van der Waals surface area contributed by atoms with Crippen LogP contribution < -0.4 is 10.2 Å². The Labute approximate surface area is 264 Å². The normalized spacial score (nSPS) is 27.3. The first-order chi connectivity index (χ1) is 21.0. The van der Waals surface area contributed by atoms with Crippen LogP contribution in [0.3, 0.4) is 0 Å². The molecule has 3 amide bonds. The number of amides is 3. The van der Waals surface area contributed by atoms with E-state index < -0.39 is 53.6 Å². The molecule has 1 aromatic rings. The molecule has 3 aliphatic heterocycles. The number of nitrogens with one attached hydrogen (secondary N) is 1. The quantitative estimate of drug-likeness (QED) is 0.224. The number of carbonyl (C=O) groups is 4. The van der Waals surface area contributed by atoms with E-state index in [1.165, 1.54) is 9.80 Å². The number of rotatable bonds is 15. The summed E-state index contributed by atoms with van der Waals surface area (Å²) in [6.45, 7) is 12.9. The predicted molar refractivity (Wildman–Crippen MR) is 167 cm³/mol. The minimum absolute atomic E-state index is 0.120. The van der Waals surface area contributed by atoms with Gasteiger partial charge in [-0.05, 0) is 56.4 Å². The number of halogens is 1. The third-order valence-corrected chi connectivity index (χ3v) is 9.54. The van der Waals surface area contributed by atoms with Crippen molar-refractivity contribution in [3.8, 4) is 0 Å². The Bertz CT molecular complexity index is 1260. The van der Waals surface area contributed by atoms with Gasteiger partial charge in [0.1, 0.15) is 17.7 Å². The maximum atomic E-state index is 14.6. The standard InChI is InChI=1S/C33H44ClN3O7/c1-6-9-10-26(39)35-18-21(5)43-32(42)27-25-15-16-33(44-25)28(27)30(40)37(24(19-38)20(4)8-3)29(33)31(41)36(17-7-2)23-13-11-22(34)12-14-23/h6-7,11-14,20-21,24-25,27-29,38H,1-2,8-10,15-19H2,3-5H3,(H,35,39)/t20-,21+,24-,25-,27+,28+,29-,33+/m0/s1. The molecule has 3 heterocycles. The summed E-state index contributed by atoms with van der Waals surface area (Å²) in [6, 6.07) is 5.07. The number of ether oxygens (including phenoxy) is 2. The summed E-state index contributed by atoms with van der Waals surface area (Å²) in [5.41, 5.74) is -0.694. The van der Waals surface area contributed by atoms with Crippen molar-refractivity contribution in [1.82, 2.24) is 10.2 Å². The first-order valence-electron chi connectivity index (χ1n) is 15.4. The highest BCUT2D eigenvalue weighted by Gasteiger charge is 2.76. The fourth-order valence-corrected chi connectivity index (χ4v) is 7.05. The number of fused-ring (bicyclic) bond motifs is 1. The number of esters is 1. The Balaban J connectivity index is 1.67. The van der Waals surface area contributed by atoms with Crippen molar-refractivity contribution in [3.05, 3.63) is 54.6 Å².